The van der Waals surface area contributed by atoms with Gasteiger partial charge in [-0.05, 0) is 46.2 Å². The van der Waals surface area contributed by atoms with Gasteiger partial charge in [0, 0.05) is 13.1 Å². The molecule has 1 rings (SSSR count). The summed E-state index contributed by atoms with van der Waals surface area (Å²) in [7, 11) is 0. The first-order valence-corrected chi connectivity index (χ1v) is 6.45. The van der Waals surface area contributed by atoms with Gasteiger partial charge in [0.05, 0.1) is 12.1 Å². The van der Waals surface area contributed by atoms with E-state index in [0.29, 0.717) is 13.1 Å². The average Bonchev–Trinajstić information content (AvgIpc) is 2.12. The van der Waals surface area contributed by atoms with Crippen LogP contribution in [-0.2, 0) is 4.74 Å². The molecule has 0 radical (unpaired) electrons. The van der Waals surface area contributed by atoms with Gasteiger partial charge in [-0.15, -0.1) is 0 Å². The Morgan fingerprint density at radius 3 is 1.94 bits per heavy atom. The highest BCUT2D eigenvalue weighted by Crippen LogP contribution is 2.20. The summed E-state index contributed by atoms with van der Waals surface area (Å²) in [5.41, 5.74) is -0.518. The molecule has 1 heterocycles. The van der Waals surface area contributed by atoms with Crippen molar-refractivity contribution in [3.63, 3.8) is 0 Å². The van der Waals surface area contributed by atoms with E-state index in [4.69, 9.17) is 16.3 Å². The number of rotatable bonds is 0. The van der Waals surface area contributed by atoms with E-state index < -0.39 is 11.0 Å². The van der Waals surface area contributed by atoms with Crippen molar-refractivity contribution in [3.8, 4) is 0 Å². The fourth-order valence-electron chi connectivity index (χ4n) is 2.14. The summed E-state index contributed by atoms with van der Waals surface area (Å²) in [5.74, 6) is 0. The molecule has 0 aliphatic carbocycles. The minimum absolute atomic E-state index is 0.105. The Bertz CT molecular complexity index is 329. The van der Waals surface area contributed by atoms with Crippen molar-refractivity contribution in [2.45, 2.75) is 52.3 Å². The molecule has 1 unspecified atom stereocenters. The molecule has 104 valence electrons. The van der Waals surface area contributed by atoms with Crippen LogP contribution in [0.5, 0.6) is 0 Å². The maximum absolute atomic E-state index is 12.1. The number of hydrogen-bond acceptors (Lipinski definition) is 3. The van der Waals surface area contributed by atoms with Gasteiger partial charge in [-0.2, -0.15) is 0 Å². The summed E-state index contributed by atoms with van der Waals surface area (Å²) in [6.07, 6.45) is -0.343. The van der Waals surface area contributed by atoms with E-state index in [9.17, 15) is 9.59 Å². The molecule has 0 aromatic rings. The summed E-state index contributed by atoms with van der Waals surface area (Å²) >= 11 is 5.47. The Kier molecular flexibility index (Phi) is 4.48. The zero-order valence-corrected chi connectivity index (χ0v) is 12.3. The first-order valence-electron chi connectivity index (χ1n) is 6.07. The molecule has 0 saturated carbocycles. The average molecular weight is 277 g/mol. The van der Waals surface area contributed by atoms with Gasteiger partial charge >= 0.3 is 11.5 Å². The monoisotopic (exact) mass is 276 g/mol. The van der Waals surface area contributed by atoms with Gasteiger partial charge in [0.15, 0.2) is 0 Å². The van der Waals surface area contributed by atoms with Crippen molar-refractivity contribution < 1.29 is 14.3 Å². The van der Waals surface area contributed by atoms with Crippen LogP contribution in [0, 0.1) is 0 Å². The van der Waals surface area contributed by atoms with Crippen LogP contribution in [0.2, 0.25) is 0 Å². The normalized spacial score (nSPS) is 25.0. The highest BCUT2D eigenvalue weighted by atomic mass is 35.5. The molecule has 1 saturated heterocycles. The van der Waals surface area contributed by atoms with E-state index >= 15 is 0 Å². The van der Waals surface area contributed by atoms with Gasteiger partial charge in [-0.25, -0.2) is 4.79 Å². The smallest absolute Gasteiger partial charge is 0.410 e. The molecule has 0 N–H and O–H groups in total. The number of carbonyl (C=O) groups excluding carboxylic acids is 2. The van der Waals surface area contributed by atoms with E-state index in [1.54, 1.807) is 4.90 Å². The van der Waals surface area contributed by atoms with Gasteiger partial charge < -0.3 is 9.64 Å². The van der Waals surface area contributed by atoms with E-state index in [1.165, 1.54) is 4.90 Å². The molecular formula is C12H21ClN2O3. The van der Waals surface area contributed by atoms with E-state index in [1.807, 2.05) is 34.6 Å². The summed E-state index contributed by atoms with van der Waals surface area (Å²) in [6, 6.07) is -0.211. The number of hydrogen-bond donors (Lipinski definition) is 0. The first kappa shape index (κ1) is 15.1. The number of piperazine rings is 1. The van der Waals surface area contributed by atoms with Crippen LogP contribution in [-0.4, -0.2) is 52.0 Å². The molecule has 6 heteroatoms. The van der Waals surface area contributed by atoms with Crippen LogP contribution >= 0.6 is 11.6 Å². The van der Waals surface area contributed by atoms with Crippen molar-refractivity contribution >= 4 is 23.1 Å². The molecule has 2 atom stereocenters. The third-order valence-corrected chi connectivity index (χ3v) is 3.01. The van der Waals surface area contributed by atoms with E-state index in [-0.39, 0.29) is 18.2 Å². The van der Waals surface area contributed by atoms with Gasteiger partial charge in [-0.1, -0.05) is 0 Å². The van der Waals surface area contributed by atoms with Crippen molar-refractivity contribution in [2.24, 2.45) is 0 Å². The number of halogens is 1. The summed E-state index contributed by atoms with van der Waals surface area (Å²) in [5, 5.41) is -0.475. The molecule has 0 aromatic heterocycles. The molecule has 2 amide bonds. The fourth-order valence-corrected chi connectivity index (χ4v) is 2.28. The third-order valence-electron chi connectivity index (χ3n) is 2.77. The largest absolute Gasteiger partial charge is 0.444 e. The van der Waals surface area contributed by atoms with Gasteiger partial charge in [0.25, 0.3) is 0 Å². The van der Waals surface area contributed by atoms with E-state index in [0.717, 1.165) is 0 Å². The second kappa shape index (κ2) is 5.34. The van der Waals surface area contributed by atoms with Gasteiger partial charge in [-0.3, -0.25) is 9.69 Å². The summed E-state index contributed by atoms with van der Waals surface area (Å²) in [4.78, 5) is 26.4. The second-order valence-electron chi connectivity index (χ2n) is 5.74. The number of ether oxygens (including phenoxy) is 1. The Morgan fingerprint density at radius 2 is 1.61 bits per heavy atom. The standard InChI is InChI=1S/C12H21ClN2O3/c1-8-6-14(10(13)16)7-9(2)15(8)11(17)18-12(3,4)5/h8-9H,6-7H2,1-5H3/t8-,9?/m0/s1. The van der Waals surface area contributed by atoms with Gasteiger partial charge in [0.2, 0.25) is 0 Å². The lowest BCUT2D eigenvalue weighted by Crippen LogP contribution is -2.59. The lowest BCUT2D eigenvalue weighted by Gasteiger charge is -2.43. The molecule has 1 aliphatic heterocycles. The van der Waals surface area contributed by atoms with Crippen LogP contribution < -0.4 is 0 Å². The second-order valence-corrected chi connectivity index (χ2v) is 6.07. The first-order chi connectivity index (χ1) is 8.11. The minimum Gasteiger partial charge on any atom is -0.444 e. The summed E-state index contributed by atoms with van der Waals surface area (Å²) < 4.78 is 5.36. The van der Waals surface area contributed by atoms with E-state index in [2.05, 4.69) is 0 Å². The van der Waals surface area contributed by atoms with Crippen LogP contribution in [0.3, 0.4) is 0 Å². The van der Waals surface area contributed by atoms with Crippen LogP contribution in [0.25, 0.3) is 0 Å². The number of nitrogens with zero attached hydrogens (tertiary/aromatic N) is 2. The maximum Gasteiger partial charge on any atom is 0.410 e. The van der Waals surface area contributed by atoms with Crippen molar-refractivity contribution in [3.05, 3.63) is 0 Å². The Hall–Kier alpha value is -0.970. The van der Waals surface area contributed by atoms with Crippen molar-refractivity contribution in [2.75, 3.05) is 13.1 Å². The third kappa shape index (κ3) is 3.77. The van der Waals surface area contributed by atoms with Crippen LogP contribution in [0.15, 0.2) is 0 Å². The molecule has 0 bridgehead atoms. The van der Waals surface area contributed by atoms with Crippen molar-refractivity contribution in [1.29, 1.82) is 0 Å². The van der Waals surface area contributed by atoms with Crippen LogP contribution in [0.4, 0.5) is 9.59 Å². The molecule has 1 fully saturated rings. The lowest BCUT2D eigenvalue weighted by atomic mass is 10.1. The molecule has 0 spiro atoms. The zero-order chi connectivity index (χ0) is 14.1. The highest BCUT2D eigenvalue weighted by Gasteiger charge is 2.36. The number of amides is 2. The zero-order valence-electron chi connectivity index (χ0n) is 11.6. The fraction of sp³-hybridized carbons (Fsp3) is 0.833. The molecular weight excluding hydrogens is 256 g/mol. The topological polar surface area (TPSA) is 49.9 Å². The number of carbonyl (C=O) groups is 2. The highest BCUT2D eigenvalue weighted by molar-refractivity contribution is 6.62. The Balaban J connectivity index is 2.73. The Labute approximate surface area is 113 Å². The molecule has 18 heavy (non-hydrogen) atoms. The van der Waals surface area contributed by atoms with Crippen molar-refractivity contribution in [1.82, 2.24) is 9.80 Å². The molecule has 0 aromatic carbocycles. The maximum atomic E-state index is 12.1. The molecule has 5 nitrogen and oxygen atoms in total. The molecule has 1 aliphatic rings. The minimum atomic E-state index is -0.518. The lowest BCUT2D eigenvalue weighted by molar-refractivity contribution is -0.00809. The quantitative estimate of drug-likeness (QED) is 0.505. The Morgan fingerprint density at radius 1 is 1.17 bits per heavy atom. The summed E-state index contributed by atoms with van der Waals surface area (Å²) in [6.45, 7) is 10.1. The predicted molar refractivity (Wildman–Crippen MR) is 69.8 cm³/mol. The van der Waals surface area contributed by atoms with Gasteiger partial charge in [0.1, 0.15) is 5.60 Å². The van der Waals surface area contributed by atoms with Crippen LogP contribution in [0.1, 0.15) is 34.6 Å². The SMILES string of the molecule is CC1CN(C(=O)Cl)C[C@H](C)N1C(=O)OC(C)(C)C. The predicted octanol–water partition coefficient (Wildman–Crippen LogP) is 2.67.